The van der Waals surface area contributed by atoms with E-state index in [1.165, 1.54) is 6.07 Å². The summed E-state index contributed by atoms with van der Waals surface area (Å²) in [6.45, 7) is -0.743. The Labute approximate surface area is 161 Å². The third-order valence-electron chi connectivity index (χ3n) is 3.07. The van der Waals surface area contributed by atoms with Crippen LogP contribution in [0.5, 0.6) is 0 Å². The topological polar surface area (TPSA) is 111 Å². The second-order valence-electron chi connectivity index (χ2n) is 4.94. The number of nitrogens with zero attached hydrogens (tertiary/aromatic N) is 2. The van der Waals surface area contributed by atoms with Crippen LogP contribution < -0.4 is 4.72 Å². The van der Waals surface area contributed by atoms with Crippen LogP contribution in [0.2, 0.25) is 0 Å². The molecule has 0 aliphatic heterocycles. The van der Waals surface area contributed by atoms with Crippen LogP contribution in [0.25, 0.3) is 11.4 Å². The largest absolute Gasteiger partial charge is 0.455 e. The summed E-state index contributed by atoms with van der Waals surface area (Å²) in [5.41, 5.74) is 0.740. The van der Waals surface area contributed by atoms with Gasteiger partial charge in [0.25, 0.3) is 15.9 Å². The molecule has 136 valence electrons. The minimum Gasteiger partial charge on any atom is -0.455 e. The smallest absolute Gasteiger partial charge is 0.321 e. The molecular formula is C15H12BrN3O5S2. The number of carbonyl (C=O) groups is 1. The highest BCUT2D eigenvalue weighted by atomic mass is 79.9. The van der Waals surface area contributed by atoms with Crippen molar-refractivity contribution in [1.29, 1.82) is 0 Å². The number of nitrogens with one attached hydrogen (secondary N) is 1. The Kier molecular flexibility index (Phi) is 5.81. The Morgan fingerprint density at radius 1 is 1.31 bits per heavy atom. The van der Waals surface area contributed by atoms with Crippen LogP contribution in [0.3, 0.4) is 0 Å². The standard InChI is InChI=1S/C15H12BrN3O5S2/c16-11-4-1-3-10(7-11)15-18-12(24-19-15)9-23-13(20)8-17-26(21,22)14-5-2-6-25-14/h1-7,17H,8-9H2. The Morgan fingerprint density at radius 3 is 2.88 bits per heavy atom. The van der Waals surface area contributed by atoms with Crippen molar-refractivity contribution < 1.29 is 22.5 Å². The monoisotopic (exact) mass is 457 g/mol. The molecule has 0 aliphatic carbocycles. The van der Waals surface area contributed by atoms with Crippen LogP contribution in [0, 0.1) is 0 Å². The molecule has 0 radical (unpaired) electrons. The van der Waals surface area contributed by atoms with Crippen LogP contribution in [-0.2, 0) is 26.2 Å². The lowest BCUT2D eigenvalue weighted by Gasteiger charge is -2.04. The van der Waals surface area contributed by atoms with Crippen LogP contribution in [0.1, 0.15) is 5.89 Å². The zero-order chi connectivity index (χ0) is 18.6. The molecule has 0 saturated carbocycles. The summed E-state index contributed by atoms with van der Waals surface area (Å²) in [5.74, 6) is -0.294. The van der Waals surface area contributed by atoms with Gasteiger partial charge in [0.05, 0.1) is 0 Å². The van der Waals surface area contributed by atoms with Gasteiger partial charge in [-0.15, -0.1) is 11.3 Å². The Bertz CT molecular complexity index is 1000. The van der Waals surface area contributed by atoms with Gasteiger partial charge in [-0.05, 0) is 23.6 Å². The predicted octanol–water partition coefficient (Wildman–Crippen LogP) is 2.58. The highest BCUT2D eigenvalue weighted by molar-refractivity contribution is 9.10. The zero-order valence-electron chi connectivity index (χ0n) is 13.1. The van der Waals surface area contributed by atoms with Gasteiger partial charge in [-0.2, -0.15) is 9.71 Å². The Morgan fingerprint density at radius 2 is 2.15 bits per heavy atom. The number of benzene rings is 1. The summed E-state index contributed by atoms with van der Waals surface area (Å²) in [4.78, 5) is 15.8. The maximum Gasteiger partial charge on any atom is 0.321 e. The molecule has 1 N–H and O–H groups in total. The molecule has 0 aliphatic rings. The van der Waals surface area contributed by atoms with Gasteiger partial charge < -0.3 is 9.26 Å². The lowest BCUT2D eigenvalue weighted by molar-refractivity contribution is -0.144. The van der Waals surface area contributed by atoms with Gasteiger partial charge in [0.2, 0.25) is 5.82 Å². The molecule has 11 heteroatoms. The number of rotatable bonds is 7. The molecule has 2 heterocycles. The second kappa shape index (κ2) is 8.08. The van der Waals surface area contributed by atoms with E-state index < -0.39 is 22.5 Å². The molecular weight excluding hydrogens is 446 g/mol. The minimum atomic E-state index is -3.72. The average Bonchev–Trinajstić information content (AvgIpc) is 3.30. The van der Waals surface area contributed by atoms with Crippen LogP contribution >= 0.6 is 27.3 Å². The average molecular weight is 458 g/mol. The molecule has 0 spiro atoms. The van der Waals surface area contributed by atoms with E-state index in [1.807, 2.05) is 24.3 Å². The highest BCUT2D eigenvalue weighted by Crippen LogP contribution is 2.20. The lowest BCUT2D eigenvalue weighted by Crippen LogP contribution is -2.30. The fraction of sp³-hybridized carbons (Fsp3) is 0.133. The first-order valence-corrected chi connectivity index (χ1v) is 10.4. The van der Waals surface area contributed by atoms with Crippen molar-refractivity contribution in [3.05, 3.63) is 52.1 Å². The third-order valence-corrected chi connectivity index (χ3v) is 6.37. The molecule has 1 aromatic carbocycles. The summed E-state index contributed by atoms with van der Waals surface area (Å²) < 4.78 is 36.9. The van der Waals surface area contributed by atoms with Gasteiger partial charge in [0.15, 0.2) is 6.61 Å². The number of esters is 1. The summed E-state index contributed by atoms with van der Waals surface area (Å²) >= 11 is 4.41. The Balaban J connectivity index is 1.52. The molecule has 26 heavy (non-hydrogen) atoms. The van der Waals surface area contributed by atoms with E-state index in [2.05, 4.69) is 30.8 Å². The molecule has 0 bridgehead atoms. The van der Waals surface area contributed by atoms with Gasteiger partial charge in [-0.3, -0.25) is 4.79 Å². The molecule has 0 fully saturated rings. The highest BCUT2D eigenvalue weighted by Gasteiger charge is 2.17. The van der Waals surface area contributed by atoms with Gasteiger partial charge >= 0.3 is 5.97 Å². The van der Waals surface area contributed by atoms with Crippen molar-refractivity contribution in [1.82, 2.24) is 14.9 Å². The van der Waals surface area contributed by atoms with Crippen molar-refractivity contribution in [3.8, 4) is 11.4 Å². The van der Waals surface area contributed by atoms with Gasteiger partial charge in [0, 0.05) is 10.0 Å². The van der Waals surface area contributed by atoms with E-state index >= 15 is 0 Å². The molecule has 8 nitrogen and oxygen atoms in total. The Hall–Kier alpha value is -2.08. The fourth-order valence-corrected chi connectivity index (χ4v) is 4.30. The predicted molar refractivity (Wildman–Crippen MR) is 96.7 cm³/mol. The van der Waals surface area contributed by atoms with Crippen LogP contribution in [-0.4, -0.2) is 31.1 Å². The first-order chi connectivity index (χ1) is 12.4. The maximum absolute atomic E-state index is 11.9. The maximum atomic E-state index is 11.9. The van der Waals surface area contributed by atoms with Crippen molar-refractivity contribution in [2.45, 2.75) is 10.8 Å². The number of halogens is 1. The first kappa shape index (κ1) is 18.7. The van der Waals surface area contributed by atoms with E-state index in [-0.39, 0.29) is 16.7 Å². The van der Waals surface area contributed by atoms with Gasteiger partial charge in [-0.25, -0.2) is 8.42 Å². The number of sulfonamides is 1. The van der Waals surface area contributed by atoms with Gasteiger partial charge in [-0.1, -0.05) is 39.3 Å². The second-order valence-corrected chi connectivity index (χ2v) is 8.80. The van der Waals surface area contributed by atoms with E-state index in [4.69, 9.17) is 9.26 Å². The van der Waals surface area contributed by atoms with Crippen molar-refractivity contribution in [2.75, 3.05) is 6.54 Å². The number of ether oxygens (including phenoxy) is 1. The molecule has 2 aromatic heterocycles. The lowest BCUT2D eigenvalue weighted by atomic mass is 10.2. The molecule has 0 saturated heterocycles. The van der Waals surface area contributed by atoms with Crippen molar-refractivity contribution in [2.24, 2.45) is 0 Å². The molecule has 0 unspecified atom stereocenters. The third kappa shape index (κ3) is 4.75. The number of aromatic nitrogens is 2. The molecule has 0 amide bonds. The number of thiophene rings is 1. The molecule has 0 atom stereocenters. The molecule has 3 aromatic rings. The summed E-state index contributed by atoms with van der Waals surface area (Å²) in [7, 11) is -3.72. The van der Waals surface area contributed by atoms with E-state index in [1.54, 1.807) is 11.4 Å². The molecule has 3 rings (SSSR count). The quantitative estimate of drug-likeness (QED) is 0.542. The SMILES string of the molecule is O=C(CNS(=O)(=O)c1cccs1)OCc1nc(-c2cccc(Br)c2)no1. The van der Waals surface area contributed by atoms with Crippen molar-refractivity contribution in [3.63, 3.8) is 0 Å². The van der Waals surface area contributed by atoms with Gasteiger partial charge in [0.1, 0.15) is 10.8 Å². The first-order valence-electron chi connectivity index (χ1n) is 7.21. The summed E-state index contributed by atoms with van der Waals surface area (Å²) in [6.07, 6.45) is 0. The number of hydrogen-bond donors (Lipinski definition) is 1. The number of carbonyl (C=O) groups excluding carboxylic acids is 1. The van der Waals surface area contributed by atoms with E-state index in [0.29, 0.717) is 5.82 Å². The normalized spacial score (nSPS) is 11.4. The van der Waals surface area contributed by atoms with Crippen LogP contribution in [0.4, 0.5) is 0 Å². The van der Waals surface area contributed by atoms with E-state index in [9.17, 15) is 13.2 Å². The zero-order valence-corrected chi connectivity index (χ0v) is 16.3. The van der Waals surface area contributed by atoms with Crippen LogP contribution in [0.15, 0.2) is 55.0 Å². The van der Waals surface area contributed by atoms with E-state index in [0.717, 1.165) is 21.4 Å². The minimum absolute atomic E-state index is 0.106. The number of hydrogen-bond acceptors (Lipinski definition) is 8. The summed E-state index contributed by atoms with van der Waals surface area (Å²) in [6, 6.07) is 10.4. The fourth-order valence-electron chi connectivity index (χ4n) is 1.89. The summed E-state index contributed by atoms with van der Waals surface area (Å²) in [5, 5.41) is 5.45. The van der Waals surface area contributed by atoms with Crippen molar-refractivity contribution >= 4 is 43.3 Å².